The third kappa shape index (κ3) is 5.22. The van der Waals surface area contributed by atoms with Gasteiger partial charge in [-0.25, -0.2) is 0 Å². The smallest absolute Gasteiger partial charge is 0.143 e. The molecule has 0 bridgehead atoms. The number of hydrogen-bond acceptors (Lipinski definition) is 3. The van der Waals surface area contributed by atoms with Crippen molar-refractivity contribution in [2.45, 2.75) is 19.3 Å². The number of rotatable bonds is 6. The quantitative estimate of drug-likeness (QED) is 0.169. The zero-order valence-corrected chi connectivity index (χ0v) is 33.3. The Morgan fingerprint density at radius 3 is 1.53 bits per heavy atom. The van der Waals surface area contributed by atoms with Gasteiger partial charge in [-0.05, 0) is 81.4 Å². The number of para-hydroxylation sites is 4. The highest BCUT2D eigenvalue weighted by Crippen LogP contribution is 2.51. The molecule has 284 valence electrons. The van der Waals surface area contributed by atoms with E-state index < -0.39 is 0 Å². The van der Waals surface area contributed by atoms with Gasteiger partial charge >= 0.3 is 0 Å². The van der Waals surface area contributed by atoms with Crippen molar-refractivity contribution in [2.75, 3.05) is 4.90 Å². The van der Waals surface area contributed by atoms with Crippen LogP contribution in [0.1, 0.15) is 25.0 Å². The van der Waals surface area contributed by atoms with Crippen molar-refractivity contribution in [3.63, 3.8) is 0 Å². The molecule has 12 rings (SSSR count). The van der Waals surface area contributed by atoms with Crippen molar-refractivity contribution < 1.29 is 8.83 Å². The summed E-state index contributed by atoms with van der Waals surface area (Å²) in [6.07, 6.45) is 0. The summed E-state index contributed by atoms with van der Waals surface area (Å²) < 4.78 is 13.4. The third-order valence-electron chi connectivity index (χ3n) is 12.7. The van der Waals surface area contributed by atoms with Gasteiger partial charge in [-0.2, -0.15) is 0 Å². The van der Waals surface area contributed by atoms with Gasteiger partial charge in [-0.3, -0.25) is 0 Å². The maximum Gasteiger partial charge on any atom is 0.143 e. The van der Waals surface area contributed by atoms with Crippen molar-refractivity contribution in [1.29, 1.82) is 0 Å². The second kappa shape index (κ2) is 13.2. The number of fused-ring (bicyclic) bond motifs is 9. The molecule has 0 saturated carbocycles. The number of anilines is 3. The summed E-state index contributed by atoms with van der Waals surface area (Å²) in [4.78, 5) is 2.37. The minimum Gasteiger partial charge on any atom is -0.455 e. The van der Waals surface area contributed by atoms with Crippen LogP contribution in [-0.2, 0) is 5.41 Å². The van der Waals surface area contributed by atoms with E-state index in [0.717, 1.165) is 83.2 Å². The molecule has 0 saturated heterocycles. The van der Waals surface area contributed by atoms with Crippen molar-refractivity contribution in [2.24, 2.45) is 0 Å². The van der Waals surface area contributed by atoms with E-state index in [1.807, 2.05) is 12.1 Å². The summed E-state index contributed by atoms with van der Waals surface area (Å²) in [6.45, 7) is 4.67. The second-order valence-electron chi connectivity index (χ2n) is 16.4. The summed E-state index contributed by atoms with van der Waals surface area (Å²) in [5.74, 6) is 0. The number of furan rings is 2. The Morgan fingerprint density at radius 2 is 0.817 bits per heavy atom. The Labute approximate surface area is 348 Å². The first-order valence-electron chi connectivity index (χ1n) is 20.7. The largest absolute Gasteiger partial charge is 0.455 e. The molecule has 60 heavy (non-hydrogen) atoms. The highest BCUT2D eigenvalue weighted by molar-refractivity contribution is 6.16. The van der Waals surface area contributed by atoms with Gasteiger partial charge in [-0.15, -0.1) is 0 Å². The van der Waals surface area contributed by atoms with Crippen LogP contribution >= 0.6 is 0 Å². The van der Waals surface area contributed by atoms with Crippen molar-refractivity contribution >= 4 is 60.9 Å². The monoisotopic (exact) mass is 769 g/mol. The zero-order valence-electron chi connectivity index (χ0n) is 33.3. The Kier molecular flexibility index (Phi) is 7.58. The standard InChI is InChI=1S/C57H39NO2/c1-57(2)51-23-8-6-15-43(51)50-35-41(33-34-52(50)57)58(39-29-25-37(26-30-39)36-13-4-3-5-14-36)40-31-27-38(28-32-40)42-17-10-19-46-48-21-12-22-49(56(48)60-54(42)46)47-20-11-18-45-44-16-7-9-24-53(44)59-55(45)47/h3-35H,1-2H3. The molecule has 0 fully saturated rings. The highest BCUT2D eigenvalue weighted by atomic mass is 16.3. The summed E-state index contributed by atoms with van der Waals surface area (Å²) in [5.41, 5.74) is 18.6. The second-order valence-corrected chi connectivity index (χ2v) is 16.4. The number of benzene rings is 9. The van der Waals surface area contributed by atoms with Gasteiger partial charge in [0.25, 0.3) is 0 Å². The molecule has 1 aliphatic rings. The number of hydrogen-bond donors (Lipinski definition) is 0. The maximum atomic E-state index is 6.95. The van der Waals surface area contributed by atoms with E-state index in [4.69, 9.17) is 8.83 Å². The Morgan fingerprint density at radius 1 is 0.333 bits per heavy atom. The van der Waals surface area contributed by atoms with E-state index in [2.05, 4.69) is 207 Å². The Balaban J connectivity index is 0.971. The van der Waals surface area contributed by atoms with Gasteiger partial charge in [0, 0.05) is 60.7 Å². The lowest BCUT2D eigenvalue weighted by Gasteiger charge is -2.27. The van der Waals surface area contributed by atoms with E-state index in [1.165, 1.54) is 33.4 Å². The zero-order chi connectivity index (χ0) is 40.0. The average Bonchev–Trinajstić information content (AvgIpc) is 3.95. The molecule has 2 heterocycles. The molecule has 9 aromatic carbocycles. The number of nitrogens with zero attached hydrogens (tertiary/aromatic N) is 1. The maximum absolute atomic E-state index is 6.95. The molecule has 2 aromatic heterocycles. The summed E-state index contributed by atoms with van der Waals surface area (Å²) in [5, 5.41) is 4.39. The van der Waals surface area contributed by atoms with Crippen molar-refractivity contribution in [3.8, 4) is 44.5 Å². The minimum atomic E-state index is -0.0620. The van der Waals surface area contributed by atoms with Crippen LogP contribution in [0.5, 0.6) is 0 Å². The molecular weight excluding hydrogens is 731 g/mol. The summed E-state index contributed by atoms with van der Waals surface area (Å²) in [6, 6.07) is 71.8. The SMILES string of the molecule is CC1(C)c2ccccc2-c2cc(N(c3ccc(-c4ccccc4)cc3)c3ccc(-c4cccc5c4oc4c(-c6cccc7c6oc6ccccc67)cccc45)cc3)ccc21. The van der Waals surface area contributed by atoms with Crippen molar-refractivity contribution in [1.82, 2.24) is 0 Å². The van der Waals surface area contributed by atoms with Crippen LogP contribution in [0.3, 0.4) is 0 Å². The van der Waals surface area contributed by atoms with E-state index in [0.29, 0.717) is 0 Å². The van der Waals surface area contributed by atoms with Crippen LogP contribution in [0.25, 0.3) is 88.4 Å². The highest BCUT2D eigenvalue weighted by Gasteiger charge is 2.35. The molecule has 0 unspecified atom stereocenters. The van der Waals surface area contributed by atoms with Crippen molar-refractivity contribution in [3.05, 3.63) is 211 Å². The molecule has 0 radical (unpaired) electrons. The fourth-order valence-electron chi connectivity index (χ4n) is 9.74. The first kappa shape index (κ1) is 34.4. The van der Waals surface area contributed by atoms with Gasteiger partial charge in [-0.1, -0.05) is 172 Å². The summed E-state index contributed by atoms with van der Waals surface area (Å²) >= 11 is 0. The summed E-state index contributed by atoms with van der Waals surface area (Å²) in [7, 11) is 0. The molecule has 3 nitrogen and oxygen atoms in total. The molecule has 0 atom stereocenters. The van der Waals surface area contributed by atoms with E-state index in [1.54, 1.807) is 0 Å². The molecule has 0 spiro atoms. The lowest BCUT2D eigenvalue weighted by Crippen LogP contribution is -2.15. The predicted octanol–water partition coefficient (Wildman–Crippen LogP) is 16.3. The van der Waals surface area contributed by atoms with Crippen LogP contribution in [0.4, 0.5) is 17.1 Å². The predicted molar refractivity (Wildman–Crippen MR) is 250 cm³/mol. The lowest BCUT2D eigenvalue weighted by atomic mass is 9.82. The lowest BCUT2D eigenvalue weighted by molar-refractivity contribution is 0.660. The van der Waals surface area contributed by atoms with Crippen LogP contribution < -0.4 is 4.90 Å². The third-order valence-corrected chi connectivity index (χ3v) is 12.7. The molecule has 0 amide bonds. The molecule has 0 aliphatic heterocycles. The fraction of sp³-hybridized carbons (Fsp3) is 0.0526. The average molecular weight is 770 g/mol. The minimum absolute atomic E-state index is 0.0620. The van der Waals surface area contributed by atoms with Crippen LogP contribution in [-0.4, -0.2) is 0 Å². The van der Waals surface area contributed by atoms with E-state index >= 15 is 0 Å². The molecule has 11 aromatic rings. The van der Waals surface area contributed by atoms with Gasteiger partial charge in [0.1, 0.15) is 22.3 Å². The van der Waals surface area contributed by atoms with E-state index in [-0.39, 0.29) is 5.41 Å². The molecule has 3 heteroatoms. The topological polar surface area (TPSA) is 29.5 Å². The molecular formula is C57H39NO2. The Hall–Kier alpha value is -7.62. The van der Waals surface area contributed by atoms with E-state index in [9.17, 15) is 0 Å². The van der Waals surface area contributed by atoms with Crippen LogP contribution in [0.15, 0.2) is 209 Å². The van der Waals surface area contributed by atoms with Gasteiger partial charge in [0.2, 0.25) is 0 Å². The van der Waals surface area contributed by atoms with Gasteiger partial charge < -0.3 is 13.7 Å². The van der Waals surface area contributed by atoms with Crippen LogP contribution in [0, 0.1) is 0 Å². The van der Waals surface area contributed by atoms with Gasteiger partial charge in [0.15, 0.2) is 0 Å². The Bertz CT molecular complexity index is 3440. The first-order valence-corrected chi connectivity index (χ1v) is 20.7. The molecule has 0 N–H and O–H groups in total. The first-order chi connectivity index (χ1) is 29.5. The molecule has 1 aliphatic carbocycles. The van der Waals surface area contributed by atoms with Crippen LogP contribution in [0.2, 0.25) is 0 Å². The normalized spacial score (nSPS) is 13.0. The van der Waals surface area contributed by atoms with Gasteiger partial charge in [0.05, 0.1) is 0 Å². The fourth-order valence-corrected chi connectivity index (χ4v) is 9.74.